The van der Waals surface area contributed by atoms with Gasteiger partial charge in [-0.1, -0.05) is 11.6 Å². The highest BCUT2D eigenvalue weighted by Crippen LogP contribution is 2.49. The van der Waals surface area contributed by atoms with Crippen LogP contribution in [-0.2, 0) is 11.2 Å². The minimum atomic E-state index is -0.636. The standard InChI is InChI=1S/C17H15ClN2O7/c1-24-13-6-9-7-14(21)19(27-15(9)17(26-3)16(13)25-2)10-4-5-11(18)12(8-10)20(22)23/h4-6,8H,7H2,1-3H3. The monoisotopic (exact) mass is 394 g/mol. The van der Waals surface area contributed by atoms with Gasteiger partial charge in [0.1, 0.15) is 5.02 Å². The molecule has 0 N–H and O–H groups in total. The van der Waals surface area contributed by atoms with E-state index in [4.69, 9.17) is 30.6 Å². The van der Waals surface area contributed by atoms with Crippen LogP contribution in [0.5, 0.6) is 23.0 Å². The number of ether oxygens (including phenoxy) is 3. The maximum Gasteiger partial charge on any atom is 0.290 e. The number of hydrogen-bond donors (Lipinski definition) is 0. The number of rotatable bonds is 5. The number of carbonyl (C=O) groups excluding carboxylic acids is 1. The van der Waals surface area contributed by atoms with E-state index in [1.165, 1.54) is 39.5 Å². The summed E-state index contributed by atoms with van der Waals surface area (Å²) < 4.78 is 16.0. The first-order valence-corrected chi connectivity index (χ1v) is 8.05. The first-order valence-electron chi connectivity index (χ1n) is 7.68. The molecule has 0 aromatic heterocycles. The lowest BCUT2D eigenvalue weighted by molar-refractivity contribution is -0.384. The molecule has 0 atom stereocenters. The number of hydroxylamine groups is 1. The molecule has 1 aliphatic rings. The third-order valence-corrected chi connectivity index (χ3v) is 4.29. The van der Waals surface area contributed by atoms with Crippen molar-refractivity contribution in [1.29, 1.82) is 0 Å². The molecule has 1 heterocycles. The van der Waals surface area contributed by atoms with Crippen molar-refractivity contribution < 1.29 is 28.8 Å². The van der Waals surface area contributed by atoms with Gasteiger partial charge >= 0.3 is 0 Å². The quantitative estimate of drug-likeness (QED) is 0.567. The fourth-order valence-electron chi connectivity index (χ4n) is 2.75. The second-order valence-corrected chi connectivity index (χ2v) is 5.89. The molecule has 0 unspecified atom stereocenters. The van der Waals surface area contributed by atoms with Crippen LogP contribution in [-0.4, -0.2) is 32.2 Å². The number of halogens is 1. The fraction of sp³-hybridized carbons (Fsp3) is 0.235. The van der Waals surface area contributed by atoms with Gasteiger partial charge in [0.15, 0.2) is 5.75 Å². The first-order chi connectivity index (χ1) is 12.9. The summed E-state index contributed by atoms with van der Waals surface area (Å²) >= 11 is 5.83. The van der Waals surface area contributed by atoms with Crippen molar-refractivity contribution in [3.63, 3.8) is 0 Å². The number of amides is 1. The van der Waals surface area contributed by atoms with E-state index in [0.29, 0.717) is 17.1 Å². The summed E-state index contributed by atoms with van der Waals surface area (Å²) in [6.45, 7) is 0. The van der Waals surface area contributed by atoms with Gasteiger partial charge in [0, 0.05) is 11.6 Å². The van der Waals surface area contributed by atoms with Crippen molar-refractivity contribution >= 4 is 28.9 Å². The van der Waals surface area contributed by atoms with Crippen molar-refractivity contribution in [3.8, 4) is 23.0 Å². The number of methoxy groups -OCH3 is 3. The highest BCUT2D eigenvalue weighted by molar-refractivity contribution is 6.32. The summed E-state index contributed by atoms with van der Waals surface area (Å²) in [5.41, 5.74) is 0.364. The maximum absolute atomic E-state index is 12.6. The summed E-state index contributed by atoms with van der Waals surface area (Å²) in [6, 6.07) is 5.56. The van der Waals surface area contributed by atoms with Crippen LogP contribution >= 0.6 is 11.6 Å². The van der Waals surface area contributed by atoms with E-state index in [0.717, 1.165) is 5.06 Å². The Kier molecular flexibility index (Phi) is 4.95. The Bertz CT molecular complexity index is 932. The maximum atomic E-state index is 12.6. The van der Waals surface area contributed by atoms with Crippen LogP contribution in [0.2, 0.25) is 5.02 Å². The summed E-state index contributed by atoms with van der Waals surface area (Å²) in [6.07, 6.45) is -0.0253. The van der Waals surface area contributed by atoms with Crippen LogP contribution in [0.3, 0.4) is 0 Å². The van der Waals surface area contributed by atoms with Crippen LogP contribution in [0.1, 0.15) is 5.56 Å². The summed E-state index contributed by atoms with van der Waals surface area (Å²) in [7, 11) is 4.34. The first kappa shape index (κ1) is 18.6. The van der Waals surface area contributed by atoms with Crippen molar-refractivity contribution in [2.75, 3.05) is 26.4 Å². The van der Waals surface area contributed by atoms with Gasteiger partial charge in [-0.05, 0) is 18.2 Å². The van der Waals surface area contributed by atoms with E-state index in [9.17, 15) is 14.9 Å². The summed E-state index contributed by atoms with van der Waals surface area (Å²) in [5.74, 6) is 0.767. The lowest BCUT2D eigenvalue weighted by Gasteiger charge is -2.30. The third kappa shape index (κ3) is 3.17. The third-order valence-electron chi connectivity index (χ3n) is 3.97. The molecule has 0 aliphatic carbocycles. The Morgan fingerprint density at radius 3 is 2.44 bits per heavy atom. The zero-order valence-corrected chi connectivity index (χ0v) is 15.4. The molecule has 27 heavy (non-hydrogen) atoms. The van der Waals surface area contributed by atoms with Gasteiger partial charge in [-0.3, -0.25) is 14.9 Å². The largest absolute Gasteiger partial charge is 0.493 e. The lowest BCUT2D eigenvalue weighted by Crippen LogP contribution is -2.39. The van der Waals surface area contributed by atoms with E-state index in [2.05, 4.69) is 0 Å². The van der Waals surface area contributed by atoms with Gasteiger partial charge in [-0.15, -0.1) is 5.06 Å². The molecule has 0 radical (unpaired) electrons. The molecule has 3 rings (SSSR count). The minimum absolute atomic E-state index is 0.0253. The predicted molar refractivity (Wildman–Crippen MR) is 96.0 cm³/mol. The lowest BCUT2D eigenvalue weighted by atomic mass is 10.1. The number of anilines is 1. The van der Waals surface area contributed by atoms with Crippen LogP contribution in [0.4, 0.5) is 11.4 Å². The van der Waals surface area contributed by atoms with Crippen LogP contribution < -0.4 is 24.1 Å². The Labute approximate surface area is 159 Å². The Morgan fingerprint density at radius 1 is 1.15 bits per heavy atom. The molecule has 10 heteroatoms. The second kappa shape index (κ2) is 7.20. The van der Waals surface area contributed by atoms with E-state index >= 15 is 0 Å². The molecule has 0 saturated carbocycles. The smallest absolute Gasteiger partial charge is 0.290 e. The number of nitro groups is 1. The van der Waals surface area contributed by atoms with Crippen molar-refractivity contribution in [2.45, 2.75) is 6.42 Å². The molecule has 142 valence electrons. The summed E-state index contributed by atoms with van der Waals surface area (Å²) in [4.78, 5) is 28.8. The average molecular weight is 395 g/mol. The number of carbonyl (C=O) groups is 1. The number of benzene rings is 2. The number of nitro benzene ring substituents is 1. The topological polar surface area (TPSA) is 100 Å². The molecule has 2 aromatic rings. The van der Waals surface area contributed by atoms with Crippen molar-refractivity contribution in [1.82, 2.24) is 0 Å². The normalized spacial score (nSPS) is 12.9. The molecule has 1 aliphatic heterocycles. The Balaban J connectivity index is 2.09. The zero-order valence-electron chi connectivity index (χ0n) is 14.6. The number of fused-ring (bicyclic) bond motifs is 1. The predicted octanol–water partition coefficient (Wildman–Crippen LogP) is 3.16. The van der Waals surface area contributed by atoms with Crippen molar-refractivity contribution in [2.24, 2.45) is 0 Å². The number of hydrogen-bond acceptors (Lipinski definition) is 7. The van der Waals surface area contributed by atoms with Gasteiger partial charge < -0.3 is 19.0 Å². The SMILES string of the molecule is COc1cc2c(c(OC)c1OC)ON(c1ccc(Cl)c([N+](=O)[O-])c1)C(=O)C2. The van der Waals surface area contributed by atoms with Gasteiger partial charge in [-0.25, -0.2) is 0 Å². The summed E-state index contributed by atoms with van der Waals surface area (Å²) in [5, 5.41) is 12.0. The Morgan fingerprint density at radius 2 is 1.85 bits per heavy atom. The van der Waals surface area contributed by atoms with E-state index in [1.807, 2.05) is 0 Å². The van der Waals surface area contributed by atoms with E-state index in [-0.39, 0.29) is 34.3 Å². The minimum Gasteiger partial charge on any atom is -0.493 e. The molecule has 0 saturated heterocycles. The van der Waals surface area contributed by atoms with Gasteiger partial charge in [0.05, 0.1) is 38.4 Å². The van der Waals surface area contributed by atoms with Gasteiger partial charge in [0.2, 0.25) is 17.2 Å². The molecular formula is C17H15ClN2O7. The highest BCUT2D eigenvalue weighted by atomic mass is 35.5. The Hall–Kier alpha value is -3.20. The molecule has 0 bridgehead atoms. The van der Waals surface area contributed by atoms with Gasteiger partial charge in [-0.2, -0.15) is 0 Å². The molecule has 9 nitrogen and oxygen atoms in total. The highest BCUT2D eigenvalue weighted by Gasteiger charge is 2.33. The van der Waals surface area contributed by atoms with Crippen molar-refractivity contribution in [3.05, 3.63) is 45.0 Å². The number of nitrogens with zero attached hydrogens (tertiary/aromatic N) is 2. The van der Waals surface area contributed by atoms with Gasteiger partial charge in [0.25, 0.3) is 11.6 Å². The molecule has 0 fully saturated rings. The zero-order chi connectivity index (χ0) is 19.7. The molecule has 1 amide bonds. The molecular weight excluding hydrogens is 380 g/mol. The fourth-order valence-corrected chi connectivity index (χ4v) is 2.94. The van der Waals surface area contributed by atoms with E-state index in [1.54, 1.807) is 6.07 Å². The average Bonchev–Trinajstić information content (AvgIpc) is 2.66. The molecule has 2 aromatic carbocycles. The van der Waals surface area contributed by atoms with E-state index < -0.39 is 10.8 Å². The second-order valence-electron chi connectivity index (χ2n) is 5.48. The molecule has 0 spiro atoms. The van der Waals surface area contributed by atoms with Crippen LogP contribution in [0.25, 0.3) is 0 Å². The van der Waals surface area contributed by atoms with Crippen LogP contribution in [0.15, 0.2) is 24.3 Å². The van der Waals surface area contributed by atoms with Crippen LogP contribution in [0, 0.1) is 10.1 Å².